The summed E-state index contributed by atoms with van der Waals surface area (Å²) in [5.74, 6) is 0.0761. The Morgan fingerprint density at radius 1 is 1.14 bits per heavy atom. The van der Waals surface area contributed by atoms with Crippen LogP contribution < -0.4 is 16.2 Å². The quantitative estimate of drug-likeness (QED) is 0.409. The number of hydrogen-bond donors (Lipinski definition) is 1. The van der Waals surface area contributed by atoms with E-state index >= 15 is 0 Å². The van der Waals surface area contributed by atoms with Gasteiger partial charge in [0.25, 0.3) is 5.56 Å². The van der Waals surface area contributed by atoms with E-state index in [-0.39, 0.29) is 34.7 Å². The van der Waals surface area contributed by atoms with Crippen molar-refractivity contribution in [2.24, 2.45) is 5.73 Å². The minimum absolute atomic E-state index is 0.0682. The van der Waals surface area contributed by atoms with Crippen LogP contribution in [0.1, 0.15) is 24.1 Å². The number of benzene rings is 2. The highest BCUT2D eigenvalue weighted by molar-refractivity contribution is 5.91. The van der Waals surface area contributed by atoms with Gasteiger partial charge in [0, 0.05) is 30.7 Å². The highest BCUT2D eigenvalue weighted by Gasteiger charge is 2.29. The fourth-order valence-corrected chi connectivity index (χ4v) is 5.24. The molecule has 1 aliphatic rings. The fourth-order valence-electron chi connectivity index (χ4n) is 5.24. The van der Waals surface area contributed by atoms with Gasteiger partial charge >= 0.3 is 0 Å². The molecule has 4 heterocycles. The number of anilines is 1. The summed E-state index contributed by atoms with van der Waals surface area (Å²) in [6, 6.07) is 18.0. The van der Waals surface area contributed by atoms with Gasteiger partial charge in [0.15, 0.2) is 0 Å². The molecule has 37 heavy (non-hydrogen) atoms. The van der Waals surface area contributed by atoms with Crippen LogP contribution in [-0.2, 0) is 6.54 Å². The molecule has 1 atom stereocenters. The average molecular weight is 494 g/mol. The molecule has 3 aromatic heterocycles. The van der Waals surface area contributed by atoms with Gasteiger partial charge in [0.1, 0.15) is 34.3 Å². The predicted octanol–water partition coefficient (Wildman–Crippen LogP) is 3.72. The zero-order valence-electron chi connectivity index (χ0n) is 20.0. The molecular weight excluding hydrogens is 469 g/mol. The molecule has 8 nitrogen and oxygen atoms in total. The molecule has 0 amide bonds. The molecule has 2 N–H and O–H groups in total. The Morgan fingerprint density at radius 2 is 2.00 bits per heavy atom. The van der Waals surface area contributed by atoms with Crippen molar-refractivity contribution in [2.45, 2.75) is 25.4 Å². The number of piperidine rings is 1. The molecule has 0 saturated carbocycles. The normalized spacial score (nSPS) is 15.8. The molecule has 1 saturated heterocycles. The van der Waals surface area contributed by atoms with Gasteiger partial charge in [-0.1, -0.05) is 30.3 Å². The molecule has 2 aromatic carbocycles. The first kappa shape index (κ1) is 22.9. The second-order valence-electron chi connectivity index (χ2n) is 9.33. The van der Waals surface area contributed by atoms with Crippen molar-refractivity contribution in [1.82, 2.24) is 19.1 Å². The molecule has 5 aromatic rings. The Morgan fingerprint density at radius 3 is 2.81 bits per heavy atom. The van der Waals surface area contributed by atoms with E-state index in [9.17, 15) is 14.4 Å². The SMILES string of the molecule is N#Cc1c(N2CCC[C@H](N)C2)n(-c2cccc(F)c2)c2c(=O)n(Cc3nccc4ccccc34)cnc12. The number of rotatable bonds is 4. The molecule has 0 radical (unpaired) electrons. The second kappa shape index (κ2) is 9.15. The number of hydrogen-bond acceptors (Lipinski definition) is 6. The van der Waals surface area contributed by atoms with Crippen LogP contribution in [0, 0.1) is 17.1 Å². The number of aromatic nitrogens is 4. The highest BCUT2D eigenvalue weighted by atomic mass is 19.1. The van der Waals surface area contributed by atoms with E-state index in [1.54, 1.807) is 22.9 Å². The first-order chi connectivity index (χ1) is 18.0. The lowest BCUT2D eigenvalue weighted by Crippen LogP contribution is -2.43. The van der Waals surface area contributed by atoms with Gasteiger partial charge in [-0.3, -0.25) is 18.9 Å². The lowest BCUT2D eigenvalue weighted by atomic mass is 10.1. The largest absolute Gasteiger partial charge is 0.355 e. The molecule has 0 unspecified atom stereocenters. The average Bonchev–Trinajstić information content (AvgIpc) is 3.25. The third kappa shape index (κ3) is 3.92. The van der Waals surface area contributed by atoms with Gasteiger partial charge in [-0.15, -0.1) is 0 Å². The van der Waals surface area contributed by atoms with Crippen molar-refractivity contribution in [2.75, 3.05) is 18.0 Å². The highest BCUT2D eigenvalue weighted by Crippen LogP contribution is 2.34. The third-order valence-corrected chi connectivity index (χ3v) is 6.92. The minimum atomic E-state index is -0.441. The Labute approximate surface area is 212 Å². The summed E-state index contributed by atoms with van der Waals surface area (Å²) in [6.45, 7) is 1.39. The number of nitrogens with zero attached hydrogens (tertiary/aromatic N) is 6. The second-order valence-corrected chi connectivity index (χ2v) is 9.33. The number of nitrogens with two attached hydrogens (primary N) is 1. The van der Waals surface area contributed by atoms with Crippen LogP contribution in [0.5, 0.6) is 0 Å². The van der Waals surface area contributed by atoms with Crippen LogP contribution in [0.3, 0.4) is 0 Å². The van der Waals surface area contributed by atoms with Gasteiger partial charge in [-0.2, -0.15) is 5.26 Å². The summed E-state index contributed by atoms with van der Waals surface area (Å²) >= 11 is 0. The number of pyridine rings is 1. The molecular formula is C28H24FN7O. The van der Waals surface area contributed by atoms with Crippen LogP contribution in [0.2, 0.25) is 0 Å². The summed E-state index contributed by atoms with van der Waals surface area (Å²) in [7, 11) is 0. The van der Waals surface area contributed by atoms with Crippen molar-refractivity contribution in [3.05, 3.63) is 94.5 Å². The summed E-state index contributed by atoms with van der Waals surface area (Å²) in [5, 5.41) is 12.2. The maximum Gasteiger partial charge on any atom is 0.278 e. The summed E-state index contributed by atoms with van der Waals surface area (Å²) in [4.78, 5) is 25.1. The van der Waals surface area contributed by atoms with Gasteiger partial charge in [0.05, 0.1) is 24.3 Å². The Hall–Kier alpha value is -4.55. The van der Waals surface area contributed by atoms with Gasteiger partial charge in [0.2, 0.25) is 0 Å². The number of nitriles is 1. The number of fused-ring (bicyclic) bond motifs is 2. The maximum absolute atomic E-state index is 14.4. The van der Waals surface area contributed by atoms with Crippen LogP contribution >= 0.6 is 0 Å². The lowest BCUT2D eigenvalue weighted by Gasteiger charge is -2.33. The van der Waals surface area contributed by atoms with Gasteiger partial charge in [-0.25, -0.2) is 9.37 Å². The van der Waals surface area contributed by atoms with Crippen LogP contribution in [0.25, 0.3) is 27.5 Å². The van der Waals surface area contributed by atoms with Crippen molar-refractivity contribution in [3.63, 3.8) is 0 Å². The smallest absolute Gasteiger partial charge is 0.278 e. The lowest BCUT2D eigenvalue weighted by molar-refractivity contribution is 0.501. The van der Waals surface area contributed by atoms with Crippen LogP contribution in [-0.4, -0.2) is 38.2 Å². The first-order valence-electron chi connectivity index (χ1n) is 12.2. The van der Waals surface area contributed by atoms with E-state index in [1.807, 2.05) is 35.2 Å². The van der Waals surface area contributed by atoms with E-state index in [2.05, 4.69) is 16.0 Å². The summed E-state index contributed by atoms with van der Waals surface area (Å²) in [6.07, 6.45) is 4.90. The van der Waals surface area contributed by atoms with E-state index in [4.69, 9.17) is 5.73 Å². The summed E-state index contributed by atoms with van der Waals surface area (Å²) < 4.78 is 17.5. The fraction of sp³-hybridized carbons (Fsp3) is 0.214. The van der Waals surface area contributed by atoms with Crippen LogP contribution in [0.4, 0.5) is 10.2 Å². The molecule has 0 bridgehead atoms. The monoisotopic (exact) mass is 493 g/mol. The maximum atomic E-state index is 14.4. The minimum Gasteiger partial charge on any atom is -0.355 e. The Balaban J connectivity index is 1.60. The third-order valence-electron chi connectivity index (χ3n) is 6.92. The standard InChI is InChI=1S/C28H24FN7O/c29-19-6-3-8-21(13-19)36-26-25(23(14-30)27(36)34-12-4-7-20(31)15-34)33-17-35(28(26)37)16-24-22-9-2-1-5-18(22)10-11-32-24/h1-3,5-6,8-11,13,17,20H,4,7,12,15-16,31H2/t20-/m0/s1. The molecule has 6 rings (SSSR count). The molecule has 1 aliphatic heterocycles. The summed E-state index contributed by atoms with van der Waals surface area (Å²) in [5.41, 5.74) is 7.88. The topological polar surface area (TPSA) is 106 Å². The zero-order chi connectivity index (χ0) is 25.5. The Bertz CT molecular complexity index is 1740. The van der Waals surface area contributed by atoms with E-state index in [1.165, 1.54) is 23.0 Å². The van der Waals surface area contributed by atoms with Crippen LogP contribution in [0.15, 0.2) is 71.9 Å². The van der Waals surface area contributed by atoms with Crippen molar-refractivity contribution in [3.8, 4) is 11.8 Å². The van der Waals surface area contributed by atoms with E-state index < -0.39 is 5.82 Å². The molecule has 0 spiro atoms. The molecule has 0 aliphatic carbocycles. The zero-order valence-corrected chi connectivity index (χ0v) is 20.0. The van der Waals surface area contributed by atoms with Gasteiger partial charge in [-0.05, 0) is 42.5 Å². The van der Waals surface area contributed by atoms with Gasteiger partial charge < -0.3 is 10.6 Å². The van der Waals surface area contributed by atoms with E-state index in [0.717, 1.165) is 29.3 Å². The Kier molecular flexibility index (Phi) is 5.66. The molecule has 9 heteroatoms. The van der Waals surface area contributed by atoms with Crippen molar-refractivity contribution >= 4 is 27.6 Å². The van der Waals surface area contributed by atoms with E-state index in [0.29, 0.717) is 24.6 Å². The molecule has 1 fully saturated rings. The first-order valence-corrected chi connectivity index (χ1v) is 12.2. The number of halogens is 1. The van der Waals surface area contributed by atoms with Crippen molar-refractivity contribution < 1.29 is 4.39 Å². The molecule has 184 valence electrons. The predicted molar refractivity (Wildman–Crippen MR) is 140 cm³/mol. The van der Waals surface area contributed by atoms with Crippen molar-refractivity contribution in [1.29, 1.82) is 5.26 Å².